The van der Waals surface area contributed by atoms with Crippen molar-refractivity contribution >= 4 is 19.4 Å². The highest BCUT2D eigenvalue weighted by Gasteiger charge is 2.33. The van der Waals surface area contributed by atoms with Crippen molar-refractivity contribution in [2.75, 3.05) is 0 Å². The summed E-state index contributed by atoms with van der Waals surface area (Å²) in [6.07, 6.45) is 0.795. The Morgan fingerprint density at radius 2 is 1.24 bits per heavy atom. The van der Waals surface area contributed by atoms with Crippen molar-refractivity contribution in [2.45, 2.75) is 72.6 Å². The van der Waals surface area contributed by atoms with Gasteiger partial charge < -0.3 is 14.3 Å². The molecule has 0 spiro atoms. The van der Waals surface area contributed by atoms with Crippen LogP contribution in [0.4, 0.5) is 0 Å². The first kappa shape index (κ1) is 25.9. The second-order valence-corrected chi connectivity index (χ2v) is 13.3. The van der Waals surface area contributed by atoms with E-state index in [1.807, 2.05) is 6.07 Å². The van der Waals surface area contributed by atoms with Gasteiger partial charge in [-0.1, -0.05) is 101 Å². The van der Waals surface area contributed by atoms with Crippen molar-refractivity contribution in [2.24, 2.45) is 0 Å². The normalized spacial score (nSPS) is 13.3. The van der Waals surface area contributed by atoms with Gasteiger partial charge in [0, 0.05) is 11.1 Å². The first-order chi connectivity index (χ1) is 17.3. The number of aryl methyl sites for hydroxylation is 2. The van der Waals surface area contributed by atoms with Crippen molar-refractivity contribution in [3.8, 4) is 28.0 Å². The van der Waals surface area contributed by atoms with Gasteiger partial charge in [-0.25, -0.2) is 0 Å². The molecule has 2 N–H and O–H groups in total. The Morgan fingerprint density at radius 1 is 0.703 bits per heavy atom. The van der Waals surface area contributed by atoms with Crippen LogP contribution in [0.1, 0.15) is 74.9 Å². The summed E-state index contributed by atoms with van der Waals surface area (Å²) in [4.78, 5) is 20.5. The fourth-order valence-electron chi connectivity index (χ4n) is 5.94. The fraction of sp³-hybridized carbons (Fsp3) is 0.333. The predicted octanol–water partition coefficient (Wildman–Crippen LogP) is 8.88. The number of hydrogen-bond donors (Lipinski definition) is 2. The van der Waals surface area contributed by atoms with Crippen LogP contribution in [-0.2, 0) is 17.3 Å². The van der Waals surface area contributed by atoms with E-state index in [-0.39, 0.29) is 10.8 Å². The van der Waals surface area contributed by atoms with Gasteiger partial charge in [0.15, 0.2) is 0 Å². The molecule has 0 unspecified atom stereocenters. The highest BCUT2D eigenvalue weighted by Crippen LogP contribution is 2.55. The summed E-state index contributed by atoms with van der Waals surface area (Å²) >= 11 is 0. The Morgan fingerprint density at radius 3 is 1.81 bits per heavy atom. The molecular formula is C33H37O3P. The molecule has 2 bridgehead atoms. The van der Waals surface area contributed by atoms with Crippen LogP contribution in [0, 0.1) is 13.8 Å². The van der Waals surface area contributed by atoms with E-state index in [2.05, 4.69) is 104 Å². The van der Waals surface area contributed by atoms with Gasteiger partial charge in [-0.3, -0.25) is 0 Å². The first-order valence-electron chi connectivity index (χ1n) is 13.0. The highest BCUT2D eigenvalue weighted by atomic mass is 31.2. The van der Waals surface area contributed by atoms with Crippen molar-refractivity contribution in [1.29, 1.82) is 0 Å². The van der Waals surface area contributed by atoms with Crippen molar-refractivity contribution < 1.29 is 14.3 Å². The van der Waals surface area contributed by atoms with Gasteiger partial charge in [0.25, 0.3) is 0 Å². The summed E-state index contributed by atoms with van der Waals surface area (Å²) in [6.45, 7) is 17.8. The molecular weight excluding hydrogens is 475 g/mol. The molecule has 4 heteroatoms. The lowest BCUT2D eigenvalue weighted by atomic mass is 9.72. The minimum Gasteiger partial charge on any atom is -0.426 e. The molecule has 37 heavy (non-hydrogen) atoms. The second-order valence-electron chi connectivity index (χ2n) is 12.6. The van der Waals surface area contributed by atoms with Crippen LogP contribution in [0.15, 0.2) is 54.6 Å². The van der Waals surface area contributed by atoms with E-state index in [9.17, 15) is 9.79 Å². The Labute approximate surface area is 222 Å². The molecule has 0 atom stereocenters. The Kier molecular flexibility index (Phi) is 6.27. The largest absolute Gasteiger partial charge is 0.426 e. The molecule has 0 heterocycles. The molecule has 0 aromatic heterocycles. The van der Waals surface area contributed by atoms with E-state index in [0.29, 0.717) is 5.75 Å². The second kappa shape index (κ2) is 8.95. The smallest absolute Gasteiger partial charge is 0.391 e. The first-order valence-corrected chi connectivity index (χ1v) is 14.1. The highest BCUT2D eigenvalue weighted by molar-refractivity contribution is 7.39. The summed E-state index contributed by atoms with van der Waals surface area (Å²) in [5, 5.41) is 2.17. The maximum absolute atomic E-state index is 10.2. The van der Waals surface area contributed by atoms with Gasteiger partial charge in [0.2, 0.25) is 0 Å². The lowest BCUT2D eigenvalue weighted by molar-refractivity contribution is 0.376. The maximum Gasteiger partial charge on any atom is 0.391 e. The average Bonchev–Trinajstić information content (AvgIpc) is 2.77. The number of benzene rings is 4. The molecule has 5 rings (SSSR count). The van der Waals surface area contributed by atoms with E-state index < -0.39 is 8.60 Å². The van der Waals surface area contributed by atoms with E-state index in [0.717, 1.165) is 39.4 Å². The average molecular weight is 513 g/mol. The van der Waals surface area contributed by atoms with Crippen LogP contribution in [0.5, 0.6) is 5.75 Å². The molecule has 4 aromatic rings. The van der Waals surface area contributed by atoms with Crippen LogP contribution in [0.25, 0.3) is 33.0 Å². The zero-order chi connectivity index (χ0) is 26.9. The Hall–Kier alpha value is -2.71. The van der Waals surface area contributed by atoms with Gasteiger partial charge >= 0.3 is 8.60 Å². The zero-order valence-electron chi connectivity index (χ0n) is 23.2. The van der Waals surface area contributed by atoms with Crippen LogP contribution in [-0.4, -0.2) is 9.79 Å². The maximum atomic E-state index is 10.2. The van der Waals surface area contributed by atoms with Crippen LogP contribution >= 0.6 is 8.60 Å². The molecule has 1 aliphatic rings. The summed E-state index contributed by atoms with van der Waals surface area (Å²) in [5.41, 5.74) is 11.3. The zero-order valence-corrected chi connectivity index (χ0v) is 24.0. The molecule has 3 nitrogen and oxygen atoms in total. The molecule has 0 saturated heterocycles. The van der Waals surface area contributed by atoms with Crippen molar-refractivity contribution in [3.63, 3.8) is 0 Å². The topological polar surface area (TPSA) is 49.7 Å². The summed E-state index contributed by atoms with van der Waals surface area (Å²) in [6, 6.07) is 19.7. The van der Waals surface area contributed by atoms with Crippen molar-refractivity contribution in [3.05, 3.63) is 88.0 Å². The number of hydrogen-bond acceptors (Lipinski definition) is 3. The molecule has 4 aromatic carbocycles. The van der Waals surface area contributed by atoms with Crippen LogP contribution < -0.4 is 4.52 Å². The molecule has 0 saturated carbocycles. The minimum absolute atomic E-state index is 0.118. The molecule has 0 aliphatic heterocycles. The monoisotopic (exact) mass is 512 g/mol. The number of fused-ring (bicyclic) bond motifs is 8. The van der Waals surface area contributed by atoms with E-state index in [1.165, 1.54) is 33.4 Å². The SMILES string of the molecule is Cc1cc2c(c(C(C)(C)C)c1)-c1cc3ccccc3c(c1OP(O)O)-c1c(cc(C)cc1C(C)(C)C)C2. The van der Waals surface area contributed by atoms with Gasteiger partial charge in [0.1, 0.15) is 5.75 Å². The Balaban J connectivity index is 2.09. The molecule has 0 radical (unpaired) electrons. The van der Waals surface area contributed by atoms with Crippen LogP contribution in [0.2, 0.25) is 0 Å². The van der Waals surface area contributed by atoms with E-state index in [1.54, 1.807) is 0 Å². The molecule has 0 fully saturated rings. The summed E-state index contributed by atoms with van der Waals surface area (Å²) in [5.74, 6) is 0.556. The molecule has 192 valence electrons. The molecule has 0 amide bonds. The van der Waals surface area contributed by atoms with Gasteiger partial charge in [-0.2, -0.15) is 0 Å². The van der Waals surface area contributed by atoms with Gasteiger partial charge in [-0.15, -0.1) is 0 Å². The third kappa shape index (κ3) is 4.59. The molecule has 1 aliphatic carbocycles. The van der Waals surface area contributed by atoms with Crippen molar-refractivity contribution in [1.82, 2.24) is 0 Å². The van der Waals surface area contributed by atoms with Crippen LogP contribution in [0.3, 0.4) is 0 Å². The predicted molar refractivity (Wildman–Crippen MR) is 156 cm³/mol. The lowest BCUT2D eigenvalue weighted by Gasteiger charge is -2.33. The van der Waals surface area contributed by atoms with E-state index >= 15 is 0 Å². The lowest BCUT2D eigenvalue weighted by Crippen LogP contribution is -2.18. The third-order valence-electron chi connectivity index (χ3n) is 7.42. The third-order valence-corrected chi connectivity index (χ3v) is 7.77. The minimum atomic E-state index is -2.62. The number of rotatable bonds is 2. The summed E-state index contributed by atoms with van der Waals surface area (Å²) < 4.78 is 6.05. The fourth-order valence-corrected chi connectivity index (χ4v) is 6.30. The van der Waals surface area contributed by atoms with Gasteiger partial charge in [-0.05, 0) is 81.3 Å². The van der Waals surface area contributed by atoms with E-state index in [4.69, 9.17) is 4.52 Å². The standard InChI is InChI=1S/C33H37O3P/c1-19-13-22-17-23-14-20(2)16-27(33(6,7)8)29(23)30-24-12-10-9-11-21(24)18-25(31(30)36-37(34)35)28(22)26(15-19)32(3,4)5/h9-16,18,34-35H,17H2,1-8H3. The van der Waals surface area contributed by atoms with Gasteiger partial charge in [0.05, 0.1) is 0 Å². The summed E-state index contributed by atoms with van der Waals surface area (Å²) in [7, 11) is -2.62. The Bertz CT molecular complexity index is 1530. The quantitative estimate of drug-likeness (QED) is 0.232.